The van der Waals surface area contributed by atoms with Crippen molar-refractivity contribution < 1.29 is 22.6 Å². The number of alkyl halides is 3. The van der Waals surface area contributed by atoms with Crippen LogP contribution >= 0.6 is 55.1 Å². The maximum atomic E-state index is 12.1. The summed E-state index contributed by atoms with van der Waals surface area (Å²) < 4.78 is 48.1. The second-order valence-corrected chi connectivity index (χ2v) is 29.1. The molecule has 101 heavy (non-hydrogen) atoms. The number of hydrogen-bond donors (Lipinski definition) is 0. The van der Waals surface area contributed by atoms with Gasteiger partial charge in [0, 0.05) is 46.4 Å². The zero-order chi connectivity index (χ0) is 76.1. The number of nitriles is 1. The molecule has 0 bridgehead atoms. The fourth-order valence-corrected chi connectivity index (χ4v) is 11.4. The molecule has 2 aliphatic rings. The monoisotopic (exact) mass is 1550 g/mol. The molecule has 0 atom stereocenters. The fraction of sp³-hybridized carbons (Fsp3) is 0.462. The molecule has 1 fully saturated rings. The molecule has 1 saturated carbocycles. The maximum Gasteiger partial charge on any atom is 0.416 e. The fourth-order valence-electron chi connectivity index (χ4n) is 10.3. The van der Waals surface area contributed by atoms with Gasteiger partial charge in [-0.25, -0.2) is 0 Å². The smallest absolute Gasteiger partial charge is 0.385 e. The van der Waals surface area contributed by atoms with E-state index in [2.05, 4.69) is 233 Å². The third-order valence-electron chi connectivity index (χ3n) is 17.4. The molecule has 0 heterocycles. The van der Waals surface area contributed by atoms with Crippen LogP contribution in [0.2, 0.25) is 10.0 Å². The lowest BCUT2D eigenvalue weighted by molar-refractivity contribution is -0.137. The van der Waals surface area contributed by atoms with Gasteiger partial charge in [0.15, 0.2) is 0 Å². The SMILES string of the molecule is CCC1CCCC1.CCCCOC.CCCOC.CCc1ccc(Br)cc1.CCc1ccc(C#N)cc1.CCc1ccc(C)cc1.CCc1ccc(Cl)cc1.CCc1ccc2c(c1)C(C)(C)CCC2(C)C.CCc1cccc(Br)c1.CCc1cccc(C(F)(F)F)c1.CCc1cccc(Cl)c1. The van der Waals surface area contributed by atoms with E-state index in [4.69, 9.17) is 37.9 Å². The van der Waals surface area contributed by atoms with Gasteiger partial charge in [-0.1, -0.05) is 324 Å². The second-order valence-electron chi connectivity index (χ2n) is 26.4. The van der Waals surface area contributed by atoms with Crippen LogP contribution in [-0.4, -0.2) is 27.4 Å². The van der Waals surface area contributed by atoms with Crippen LogP contribution in [0, 0.1) is 24.2 Å². The third-order valence-corrected chi connectivity index (χ3v) is 18.9. The molecule has 0 spiro atoms. The quantitative estimate of drug-likeness (QED) is 0.102. The highest BCUT2D eigenvalue weighted by Crippen LogP contribution is 2.46. The van der Waals surface area contributed by atoms with Crippen LogP contribution in [0.15, 0.2) is 197 Å². The highest BCUT2D eigenvalue weighted by atomic mass is 79.9. The van der Waals surface area contributed by atoms with Gasteiger partial charge in [-0.05, 0) is 223 Å². The minimum atomic E-state index is -4.22. The molecule has 0 radical (unpaired) electrons. The molecule has 3 nitrogen and oxygen atoms in total. The standard InChI is InChI=1S/C16H24.C9H9F3.C9H9N.C9H12.2C8H9Br.2C8H9Cl.C7H14.C5H12O.C4H10O/c1-6-12-7-8-13-14(11-12)16(4,5)10-9-15(13,2)3;1-2-7-4-3-5-8(6-7)9(10,11)12;1-2-8-3-5-9(7-10)6-4-8;1-3-9-6-4-8(2)5-7-9;1-2-7-3-5-8(9)6-4-7;1-2-7-4-3-5-8(9)6-7;1-2-7-3-5-8(9)6-4-7;1-2-7-4-3-5-8(9)6-7;1-2-7-5-3-4-6-7;1-3-4-5-6-2;1-3-4-5-2/h7-8,11H,6,9-10H2,1-5H3;3-6H,2H2,1H3;3-6H,2H2,1H3;4-7H,3H2,1-2H3;4*3-6H,2H2,1H3;7H,2-6H2,1H3;3-5H2,1-2H3;3-4H2,1-2H3. The first-order valence-corrected chi connectivity index (χ1v) is 39.3. The Morgan fingerprint density at radius 2 is 0.851 bits per heavy atom. The number of aryl methyl sites for hydroxylation is 9. The van der Waals surface area contributed by atoms with Gasteiger partial charge in [0.2, 0.25) is 0 Å². The van der Waals surface area contributed by atoms with E-state index in [1.807, 2.05) is 79.7 Å². The van der Waals surface area contributed by atoms with E-state index in [1.54, 1.807) is 31.4 Å². The van der Waals surface area contributed by atoms with E-state index in [0.717, 1.165) is 96.6 Å². The predicted octanol–water partition coefficient (Wildman–Crippen LogP) is 29.4. The highest BCUT2D eigenvalue weighted by molar-refractivity contribution is 9.10. The number of benzene rings is 8. The number of methoxy groups -OCH3 is 2. The van der Waals surface area contributed by atoms with E-state index >= 15 is 0 Å². The zero-order valence-electron chi connectivity index (χ0n) is 65.0. The van der Waals surface area contributed by atoms with Gasteiger partial charge in [-0.2, -0.15) is 18.4 Å². The Morgan fingerprint density at radius 1 is 0.446 bits per heavy atom. The number of fused-ring (bicyclic) bond motifs is 1. The van der Waals surface area contributed by atoms with Crippen LogP contribution in [0.1, 0.15) is 240 Å². The number of halogens is 7. The molecule has 0 amide bonds. The van der Waals surface area contributed by atoms with Gasteiger partial charge in [-0.3, -0.25) is 0 Å². The lowest BCUT2D eigenvalue weighted by Gasteiger charge is -2.42. The maximum absolute atomic E-state index is 12.1. The molecule has 0 aliphatic heterocycles. The topological polar surface area (TPSA) is 42.2 Å². The van der Waals surface area contributed by atoms with Crippen molar-refractivity contribution in [2.45, 2.75) is 243 Å². The van der Waals surface area contributed by atoms with Crippen molar-refractivity contribution >= 4 is 55.1 Å². The van der Waals surface area contributed by atoms with Crippen LogP contribution in [-0.2, 0) is 77.8 Å². The summed E-state index contributed by atoms with van der Waals surface area (Å²) >= 11 is 18.2. The molecule has 0 aromatic heterocycles. The molecule has 10 rings (SSSR count). The Labute approximate surface area is 640 Å². The van der Waals surface area contributed by atoms with Gasteiger partial charge < -0.3 is 9.47 Å². The minimum Gasteiger partial charge on any atom is -0.385 e. The zero-order valence-corrected chi connectivity index (χ0v) is 69.7. The van der Waals surface area contributed by atoms with Crippen molar-refractivity contribution in [3.05, 3.63) is 279 Å². The van der Waals surface area contributed by atoms with Gasteiger partial charge >= 0.3 is 6.18 Å². The Kier molecular flexibility index (Phi) is 53.8. The summed E-state index contributed by atoms with van der Waals surface area (Å²) in [7, 11) is 3.44. The van der Waals surface area contributed by atoms with Crippen molar-refractivity contribution in [2.75, 3.05) is 27.4 Å². The Bertz CT molecular complexity index is 3210. The van der Waals surface area contributed by atoms with E-state index in [1.165, 1.54) is 119 Å². The van der Waals surface area contributed by atoms with E-state index in [9.17, 15) is 13.2 Å². The van der Waals surface area contributed by atoms with Crippen LogP contribution in [0.5, 0.6) is 0 Å². The van der Waals surface area contributed by atoms with E-state index in [0.29, 0.717) is 22.8 Å². The average molecular weight is 1550 g/mol. The molecule has 2 aliphatic carbocycles. The Hall–Kier alpha value is -5.50. The van der Waals surface area contributed by atoms with Gasteiger partial charge in [0.05, 0.1) is 17.2 Å². The number of nitrogens with zero attached hydrogens (tertiary/aromatic N) is 1. The van der Waals surface area contributed by atoms with Crippen molar-refractivity contribution in [2.24, 2.45) is 5.92 Å². The van der Waals surface area contributed by atoms with Gasteiger partial charge in [-0.15, -0.1) is 0 Å². The molecule has 8 aromatic carbocycles. The summed E-state index contributed by atoms with van der Waals surface area (Å²) in [4.78, 5) is 0. The van der Waals surface area contributed by atoms with Crippen LogP contribution < -0.4 is 0 Å². The van der Waals surface area contributed by atoms with Crippen molar-refractivity contribution in [1.29, 1.82) is 5.26 Å². The van der Waals surface area contributed by atoms with Crippen molar-refractivity contribution in [3.8, 4) is 6.07 Å². The number of unbranched alkanes of at least 4 members (excludes halogenated alkanes) is 1. The second kappa shape index (κ2) is 56.9. The normalized spacial score (nSPS) is 12.5. The molecule has 10 heteroatoms. The molecule has 556 valence electrons. The average Bonchev–Trinajstić information content (AvgIpc) is 1.05. The largest absolute Gasteiger partial charge is 0.416 e. The summed E-state index contributed by atoms with van der Waals surface area (Å²) in [6, 6.07) is 63.5. The van der Waals surface area contributed by atoms with Gasteiger partial charge in [0.25, 0.3) is 0 Å². The summed E-state index contributed by atoms with van der Waals surface area (Å²) in [6.45, 7) is 36.9. The molecular formula is C91H126Br2Cl2F3NO2. The first-order valence-electron chi connectivity index (χ1n) is 37.0. The first-order chi connectivity index (χ1) is 48.2. The van der Waals surface area contributed by atoms with Gasteiger partial charge in [0.1, 0.15) is 0 Å². The van der Waals surface area contributed by atoms with E-state index in [-0.39, 0.29) is 0 Å². The van der Waals surface area contributed by atoms with Crippen LogP contribution in [0.25, 0.3) is 0 Å². The van der Waals surface area contributed by atoms with Crippen molar-refractivity contribution in [1.82, 2.24) is 0 Å². The van der Waals surface area contributed by atoms with E-state index < -0.39 is 11.7 Å². The molecule has 8 aromatic rings. The highest BCUT2D eigenvalue weighted by Gasteiger charge is 2.37. The summed E-state index contributed by atoms with van der Waals surface area (Å²) in [5.41, 5.74) is 15.7. The molecule has 0 N–H and O–H groups in total. The molecule has 0 saturated heterocycles. The Morgan fingerprint density at radius 3 is 1.22 bits per heavy atom. The summed E-state index contributed by atoms with van der Waals surface area (Å²) in [5, 5.41) is 10.1. The Balaban J connectivity index is 0.00000110. The number of hydrogen-bond acceptors (Lipinski definition) is 3. The molecule has 0 unspecified atom stereocenters. The number of rotatable bonds is 14. The summed E-state index contributed by atoms with van der Waals surface area (Å²) in [6.07, 6.45) is 17.7. The lowest BCUT2D eigenvalue weighted by Crippen LogP contribution is -2.33. The first kappa shape index (κ1) is 95.5. The summed E-state index contributed by atoms with van der Waals surface area (Å²) in [5.74, 6) is 1.10. The predicted molar refractivity (Wildman–Crippen MR) is 443 cm³/mol. The van der Waals surface area contributed by atoms with Crippen LogP contribution in [0.3, 0.4) is 0 Å². The minimum absolute atomic E-state index is 0.357. The lowest BCUT2D eigenvalue weighted by atomic mass is 9.63. The number of ether oxygens (including phenoxy) is 2. The molecular weight excluding hydrogens is 1430 g/mol. The third kappa shape index (κ3) is 44.7. The van der Waals surface area contributed by atoms with Crippen molar-refractivity contribution in [3.63, 3.8) is 0 Å². The van der Waals surface area contributed by atoms with Crippen LogP contribution in [0.4, 0.5) is 13.2 Å².